The number of ether oxygens (including phenoxy) is 1. The van der Waals surface area contributed by atoms with Crippen LogP contribution in [-0.4, -0.2) is 31.0 Å². The molecule has 1 unspecified atom stereocenters. The van der Waals surface area contributed by atoms with Gasteiger partial charge in [-0.05, 0) is 24.0 Å². The summed E-state index contributed by atoms with van der Waals surface area (Å²) in [6.45, 7) is 6.93. The molecule has 0 aliphatic heterocycles. The zero-order chi connectivity index (χ0) is 15.3. The Balaban J connectivity index is 2.09. The fourth-order valence-corrected chi connectivity index (χ4v) is 2.36. The third kappa shape index (κ3) is 8.20. The van der Waals surface area contributed by atoms with Crippen molar-refractivity contribution in [3.63, 3.8) is 0 Å². The predicted molar refractivity (Wildman–Crippen MR) is 88.5 cm³/mol. The lowest BCUT2D eigenvalue weighted by atomic mass is 10.1. The van der Waals surface area contributed by atoms with Crippen molar-refractivity contribution in [1.29, 1.82) is 0 Å². The van der Waals surface area contributed by atoms with Crippen molar-refractivity contribution >= 4 is 0 Å². The Bertz CT molecular complexity index is 368. The van der Waals surface area contributed by atoms with E-state index in [4.69, 9.17) is 4.74 Å². The topological polar surface area (TPSA) is 41.5 Å². The van der Waals surface area contributed by atoms with Crippen molar-refractivity contribution in [1.82, 2.24) is 5.32 Å². The van der Waals surface area contributed by atoms with Crippen LogP contribution in [0.15, 0.2) is 24.3 Å². The summed E-state index contributed by atoms with van der Waals surface area (Å²) in [5.74, 6) is 0. The minimum absolute atomic E-state index is 0.425. The van der Waals surface area contributed by atoms with Crippen LogP contribution >= 0.6 is 0 Å². The minimum Gasteiger partial charge on any atom is -0.389 e. The molecule has 0 aliphatic rings. The molecule has 0 saturated carbocycles. The molecule has 1 atom stereocenters. The maximum Gasteiger partial charge on any atom is 0.0897 e. The van der Waals surface area contributed by atoms with Gasteiger partial charge in [0.15, 0.2) is 0 Å². The second-order valence-electron chi connectivity index (χ2n) is 5.54. The first-order chi connectivity index (χ1) is 10.3. The summed E-state index contributed by atoms with van der Waals surface area (Å²) in [6.07, 6.45) is 5.44. The summed E-state index contributed by atoms with van der Waals surface area (Å²) >= 11 is 0. The van der Waals surface area contributed by atoms with Gasteiger partial charge in [0.05, 0.1) is 12.7 Å². The molecule has 0 aliphatic carbocycles. The van der Waals surface area contributed by atoms with E-state index in [-0.39, 0.29) is 0 Å². The summed E-state index contributed by atoms with van der Waals surface area (Å²) in [6, 6.07) is 8.44. The Morgan fingerprint density at radius 3 is 2.57 bits per heavy atom. The Labute approximate surface area is 129 Å². The maximum atomic E-state index is 9.87. The lowest BCUT2D eigenvalue weighted by molar-refractivity contribution is 0.0353. The smallest absolute Gasteiger partial charge is 0.0897 e. The van der Waals surface area contributed by atoms with Crippen LogP contribution in [0, 0.1) is 0 Å². The molecule has 0 saturated heterocycles. The largest absolute Gasteiger partial charge is 0.389 e. The van der Waals surface area contributed by atoms with E-state index in [0.717, 1.165) is 26.0 Å². The fraction of sp³-hybridized carbons (Fsp3) is 0.667. The van der Waals surface area contributed by atoms with Gasteiger partial charge in [0, 0.05) is 19.7 Å². The van der Waals surface area contributed by atoms with Gasteiger partial charge in [-0.1, -0.05) is 57.4 Å². The van der Waals surface area contributed by atoms with Crippen molar-refractivity contribution in [2.75, 3.05) is 19.8 Å². The highest BCUT2D eigenvalue weighted by Gasteiger charge is 2.05. The van der Waals surface area contributed by atoms with Crippen LogP contribution in [0.25, 0.3) is 0 Å². The first kappa shape index (κ1) is 18.1. The number of aliphatic hydroxyl groups excluding tert-OH is 1. The summed E-state index contributed by atoms with van der Waals surface area (Å²) in [4.78, 5) is 0. The van der Waals surface area contributed by atoms with Crippen LogP contribution in [0.4, 0.5) is 0 Å². The molecule has 2 N–H and O–H groups in total. The first-order valence-electron chi connectivity index (χ1n) is 8.31. The first-order valence-corrected chi connectivity index (χ1v) is 8.31. The van der Waals surface area contributed by atoms with E-state index in [1.165, 1.54) is 30.4 Å². The summed E-state index contributed by atoms with van der Waals surface area (Å²) in [5, 5.41) is 13.2. The van der Waals surface area contributed by atoms with Crippen LogP contribution in [0.3, 0.4) is 0 Å². The van der Waals surface area contributed by atoms with Crippen LogP contribution in [-0.2, 0) is 17.7 Å². The van der Waals surface area contributed by atoms with Crippen LogP contribution in [0.1, 0.15) is 50.7 Å². The zero-order valence-electron chi connectivity index (χ0n) is 13.6. The van der Waals surface area contributed by atoms with Crippen molar-refractivity contribution < 1.29 is 9.84 Å². The molecule has 1 aromatic carbocycles. The van der Waals surface area contributed by atoms with E-state index >= 15 is 0 Å². The molecule has 120 valence electrons. The van der Waals surface area contributed by atoms with Gasteiger partial charge in [0.1, 0.15) is 0 Å². The SMILES string of the molecule is CCCCCCOCC(O)CNCc1ccccc1CC. The third-order valence-electron chi connectivity index (χ3n) is 3.65. The molecule has 0 amide bonds. The maximum absolute atomic E-state index is 9.87. The van der Waals surface area contributed by atoms with Gasteiger partial charge in [0.25, 0.3) is 0 Å². The van der Waals surface area contributed by atoms with Gasteiger partial charge >= 0.3 is 0 Å². The number of nitrogens with one attached hydrogen (secondary N) is 1. The van der Waals surface area contributed by atoms with Crippen LogP contribution < -0.4 is 5.32 Å². The van der Waals surface area contributed by atoms with Crippen molar-refractivity contribution in [3.8, 4) is 0 Å². The molecule has 0 bridgehead atoms. The lowest BCUT2D eigenvalue weighted by Gasteiger charge is -2.13. The molecule has 1 rings (SSSR count). The highest BCUT2D eigenvalue weighted by atomic mass is 16.5. The molecule has 21 heavy (non-hydrogen) atoms. The molecular weight excluding hydrogens is 262 g/mol. The van der Waals surface area contributed by atoms with E-state index in [1.807, 2.05) is 0 Å². The molecule has 0 heterocycles. The van der Waals surface area contributed by atoms with Gasteiger partial charge in [0.2, 0.25) is 0 Å². The van der Waals surface area contributed by atoms with Crippen molar-refractivity contribution in [3.05, 3.63) is 35.4 Å². The number of hydrogen-bond donors (Lipinski definition) is 2. The van der Waals surface area contributed by atoms with Crippen LogP contribution in [0.2, 0.25) is 0 Å². The van der Waals surface area contributed by atoms with E-state index in [9.17, 15) is 5.11 Å². The van der Waals surface area contributed by atoms with Gasteiger partial charge in [-0.2, -0.15) is 0 Å². The Hall–Kier alpha value is -0.900. The van der Waals surface area contributed by atoms with Gasteiger partial charge < -0.3 is 15.2 Å². The van der Waals surface area contributed by atoms with Crippen LogP contribution in [0.5, 0.6) is 0 Å². The minimum atomic E-state index is -0.426. The molecule has 0 spiro atoms. The molecule has 0 radical (unpaired) electrons. The van der Waals surface area contributed by atoms with Gasteiger partial charge in [-0.25, -0.2) is 0 Å². The molecule has 1 aromatic rings. The number of benzene rings is 1. The quantitative estimate of drug-likeness (QED) is 0.581. The highest BCUT2D eigenvalue weighted by molar-refractivity contribution is 5.26. The van der Waals surface area contributed by atoms with E-state index in [0.29, 0.717) is 13.2 Å². The summed E-state index contributed by atoms with van der Waals surface area (Å²) in [5.41, 5.74) is 2.68. The number of rotatable bonds is 12. The van der Waals surface area contributed by atoms with E-state index in [1.54, 1.807) is 0 Å². The molecule has 3 nitrogen and oxygen atoms in total. The third-order valence-corrected chi connectivity index (χ3v) is 3.65. The van der Waals surface area contributed by atoms with Gasteiger partial charge in [-0.3, -0.25) is 0 Å². The average molecular weight is 293 g/mol. The normalized spacial score (nSPS) is 12.5. The van der Waals surface area contributed by atoms with Crippen molar-refractivity contribution in [2.45, 2.75) is 58.6 Å². The molecule has 0 aromatic heterocycles. The molecule has 0 fully saturated rings. The van der Waals surface area contributed by atoms with E-state index < -0.39 is 6.10 Å². The highest BCUT2D eigenvalue weighted by Crippen LogP contribution is 2.08. The number of aryl methyl sites for hydroxylation is 1. The summed E-state index contributed by atoms with van der Waals surface area (Å²) in [7, 11) is 0. The second-order valence-corrected chi connectivity index (χ2v) is 5.54. The molecule has 3 heteroatoms. The summed E-state index contributed by atoms with van der Waals surface area (Å²) < 4.78 is 5.50. The van der Waals surface area contributed by atoms with Crippen molar-refractivity contribution in [2.24, 2.45) is 0 Å². The Morgan fingerprint density at radius 2 is 1.86 bits per heavy atom. The standard InChI is InChI=1S/C18H31NO2/c1-3-5-6-9-12-21-15-18(20)14-19-13-17-11-8-7-10-16(17)4-2/h7-8,10-11,18-20H,3-6,9,12-15H2,1-2H3. The monoisotopic (exact) mass is 293 g/mol. The zero-order valence-corrected chi connectivity index (χ0v) is 13.6. The fourth-order valence-electron chi connectivity index (χ4n) is 2.36. The molecular formula is C18H31NO2. The Kier molecular flexibility index (Phi) is 10.1. The predicted octanol–water partition coefficient (Wildman–Crippen LogP) is 3.30. The number of hydrogen-bond acceptors (Lipinski definition) is 3. The lowest BCUT2D eigenvalue weighted by Crippen LogP contribution is -2.30. The Morgan fingerprint density at radius 1 is 1.10 bits per heavy atom. The average Bonchev–Trinajstić information content (AvgIpc) is 2.51. The second kappa shape index (κ2) is 11.7. The van der Waals surface area contributed by atoms with E-state index in [2.05, 4.69) is 43.4 Å². The number of unbranched alkanes of at least 4 members (excludes halogenated alkanes) is 3. The number of aliphatic hydroxyl groups is 1. The van der Waals surface area contributed by atoms with Gasteiger partial charge in [-0.15, -0.1) is 0 Å².